The Labute approximate surface area is 127 Å². The first-order chi connectivity index (χ1) is 10.0. The van der Waals surface area contributed by atoms with Crippen molar-refractivity contribution in [1.29, 1.82) is 0 Å². The van der Waals surface area contributed by atoms with Crippen LogP contribution < -0.4 is 5.32 Å². The van der Waals surface area contributed by atoms with E-state index in [9.17, 15) is 4.79 Å². The molecule has 4 nitrogen and oxygen atoms in total. The minimum atomic E-state index is -0.286. The van der Waals surface area contributed by atoms with Crippen LogP contribution >= 0.6 is 0 Å². The number of carbonyl (C=O) groups excluding carboxylic acids is 1. The molecule has 4 heteroatoms. The minimum Gasteiger partial charge on any atom is -0.465 e. The third-order valence-electron chi connectivity index (χ3n) is 4.20. The van der Waals surface area contributed by atoms with Crippen molar-refractivity contribution in [3.8, 4) is 0 Å². The lowest BCUT2D eigenvalue weighted by molar-refractivity contribution is -0.150. The molecule has 0 saturated carbocycles. The van der Waals surface area contributed by atoms with Crippen molar-refractivity contribution < 1.29 is 9.53 Å². The molecule has 0 spiro atoms. The summed E-state index contributed by atoms with van der Waals surface area (Å²) in [6, 6.07) is 4.03. The van der Waals surface area contributed by atoms with Gasteiger partial charge in [0.15, 0.2) is 0 Å². The smallest absolute Gasteiger partial charge is 0.328 e. The molecule has 21 heavy (non-hydrogen) atoms. The Kier molecular flexibility index (Phi) is 5.37. The third kappa shape index (κ3) is 3.63. The van der Waals surface area contributed by atoms with Crippen molar-refractivity contribution in [2.45, 2.75) is 33.7 Å². The van der Waals surface area contributed by atoms with Crippen LogP contribution in [0, 0.1) is 20.8 Å². The van der Waals surface area contributed by atoms with Crippen LogP contribution in [0.25, 0.3) is 0 Å². The van der Waals surface area contributed by atoms with Crippen molar-refractivity contribution >= 4 is 5.97 Å². The Morgan fingerprint density at radius 2 is 1.81 bits per heavy atom. The Morgan fingerprint density at radius 3 is 2.43 bits per heavy atom. The number of aryl methyl sites for hydroxylation is 3. The van der Waals surface area contributed by atoms with E-state index in [1.54, 1.807) is 0 Å². The molecule has 1 unspecified atom stereocenters. The summed E-state index contributed by atoms with van der Waals surface area (Å²) in [5.74, 6) is -0.134. The Balaban J connectivity index is 2.38. The molecule has 1 heterocycles. The predicted molar refractivity (Wildman–Crippen MR) is 84.5 cm³/mol. The molecule has 0 aliphatic carbocycles. The first-order valence-electron chi connectivity index (χ1n) is 7.73. The van der Waals surface area contributed by atoms with E-state index in [1.165, 1.54) is 11.1 Å². The highest BCUT2D eigenvalue weighted by molar-refractivity contribution is 5.78. The zero-order chi connectivity index (χ0) is 15.4. The maximum Gasteiger partial charge on any atom is 0.328 e. The fourth-order valence-corrected chi connectivity index (χ4v) is 2.91. The van der Waals surface area contributed by atoms with Gasteiger partial charge in [-0.25, -0.2) is 4.79 Å². The summed E-state index contributed by atoms with van der Waals surface area (Å²) < 4.78 is 5.34. The molecule has 1 fully saturated rings. The monoisotopic (exact) mass is 290 g/mol. The molecule has 1 aliphatic heterocycles. The van der Waals surface area contributed by atoms with Gasteiger partial charge in [-0.05, 0) is 49.9 Å². The molecule has 1 aliphatic rings. The van der Waals surface area contributed by atoms with Crippen LogP contribution in [0.3, 0.4) is 0 Å². The summed E-state index contributed by atoms with van der Waals surface area (Å²) in [4.78, 5) is 14.7. The van der Waals surface area contributed by atoms with E-state index in [4.69, 9.17) is 4.74 Å². The van der Waals surface area contributed by atoms with Gasteiger partial charge in [0.1, 0.15) is 6.04 Å². The van der Waals surface area contributed by atoms with E-state index in [0.29, 0.717) is 6.61 Å². The highest BCUT2D eigenvalue weighted by Crippen LogP contribution is 2.28. The summed E-state index contributed by atoms with van der Waals surface area (Å²) in [5, 5.41) is 3.33. The van der Waals surface area contributed by atoms with Gasteiger partial charge < -0.3 is 10.1 Å². The number of nitrogens with zero attached hydrogens (tertiary/aromatic N) is 1. The second-order valence-corrected chi connectivity index (χ2v) is 5.73. The van der Waals surface area contributed by atoms with E-state index in [-0.39, 0.29) is 12.0 Å². The van der Waals surface area contributed by atoms with E-state index in [1.807, 2.05) is 6.92 Å². The van der Waals surface area contributed by atoms with Crippen LogP contribution in [0.15, 0.2) is 12.1 Å². The zero-order valence-electron chi connectivity index (χ0n) is 13.5. The lowest BCUT2D eigenvalue weighted by Gasteiger charge is -2.34. The second kappa shape index (κ2) is 7.05. The first-order valence-corrected chi connectivity index (χ1v) is 7.73. The molecule has 116 valence electrons. The fourth-order valence-electron chi connectivity index (χ4n) is 2.91. The summed E-state index contributed by atoms with van der Waals surface area (Å²) in [5.41, 5.74) is 4.73. The first kappa shape index (κ1) is 16.0. The van der Waals surface area contributed by atoms with Gasteiger partial charge in [0.05, 0.1) is 6.61 Å². The van der Waals surface area contributed by atoms with E-state index >= 15 is 0 Å². The molecule has 0 radical (unpaired) electrons. The SMILES string of the molecule is CCOC(=O)C(c1cc(C)c(C)cc1C)N1CCNCC1. The third-order valence-corrected chi connectivity index (χ3v) is 4.20. The molecule has 1 aromatic rings. The van der Waals surface area contributed by atoms with Crippen molar-refractivity contribution in [3.05, 3.63) is 34.4 Å². The zero-order valence-corrected chi connectivity index (χ0v) is 13.5. The van der Waals surface area contributed by atoms with E-state index < -0.39 is 0 Å². The van der Waals surface area contributed by atoms with Crippen LogP contribution in [-0.4, -0.2) is 43.7 Å². The molecule has 2 rings (SSSR count). The van der Waals surface area contributed by atoms with Gasteiger partial charge in [-0.15, -0.1) is 0 Å². The van der Waals surface area contributed by atoms with Gasteiger partial charge in [0, 0.05) is 26.2 Å². The molecular formula is C17H26N2O2. The number of esters is 1. The number of carbonyl (C=O) groups is 1. The van der Waals surface area contributed by atoms with Gasteiger partial charge >= 0.3 is 5.97 Å². The Bertz CT molecular complexity index is 508. The van der Waals surface area contributed by atoms with Crippen LogP contribution in [-0.2, 0) is 9.53 Å². The maximum atomic E-state index is 12.5. The maximum absolute atomic E-state index is 12.5. The summed E-state index contributed by atoms with van der Waals surface area (Å²) in [7, 11) is 0. The highest BCUT2D eigenvalue weighted by Gasteiger charge is 2.31. The van der Waals surface area contributed by atoms with Crippen LogP contribution in [0.1, 0.15) is 35.2 Å². The molecule has 1 aromatic carbocycles. The Hall–Kier alpha value is -1.39. The molecule has 1 saturated heterocycles. The molecule has 1 N–H and O–H groups in total. The fraction of sp³-hybridized carbons (Fsp3) is 0.588. The molecule has 0 aromatic heterocycles. The van der Waals surface area contributed by atoms with Gasteiger partial charge in [0.2, 0.25) is 0 Å². The number of hydrogen-bond donors (Lipinski definition) is 1. The van der Waals surface area contributed by atoms with Gasteiger partial charge in [-0.1, -0.05) is 12.1 Å². The lowest BCUT2D eigenvalue weighted by Crippen LogP contribution is -2.47. The van der Waals surface area contributed by atoms with Gasteiger partial charge in [0.25, 0.3) is 0 Å². The van der Waals surface area contributed by atoms with Crippen molar-refractivity contribution in [1.82, 2.24) is 10.2 Å². The molecular weight excluding hydrogens is 264 g/mol. The number of hydrogen-bond acceptors (Lipinski definition) is 4. The van der Waals surface area contributed by atoms with Crippen LogP contribution in [0.5, 0.6) is 0 Å². The average Bonchev–Trinajstić information content (AvgIpc) is 2.46. The van der Waals surface area contributed by atoms with Gasteiger partial charge in [-0.3, -0.25) is 4.90 Å². The number of piperazine rings is 1. The summed E-state index contributed by atoms with van der Waals surface area (Å²) in [6.45, 7) is 12.1. The summed E-state index contributed by atoms with van der Waals surface area (Å²) in [6.07, 6.45) is 0. The van der Waals surface area contributed by atoms with Gasteiger partial charge in [-0.2, -0.15) is 0 Å². The second-order valence-electron chi connectivity index (χ2n) is 5.73. The number of nitrogens with one attached hydrogen (secondary N) is 1. The normalized spacial score (nSPS) is 17.5. The van der Waals surface area contributed by atoms with Crippen molar-refractivity contribution in [2.75, 3.05) is 32.8 Å². The highest BCUT2D eigenvalue weighted by atomic mass is 16.5. The number of ether oxygens (including phenoxy) is 1. The summed E-state index contributed by atoms with van der Waals surface area (Å²) >= 11 is 0. The minimum absolute atomic E-state index is 0.134. The quantitative estimate of drug-likeness (QED) is 0.863. The molecule has 0 amide bonds. The van der Waals surface area contributed by atoms with Crippen molar-refractivity contribution in [2.24, 2.45) is 0 Å². The van der Waals surface area contributed by atoms with Crippen LogP contribution in [0.2, 0.25) is 0 Å². The van der Waals surface area contributed by atoms with Crippen LogP contribution in [0.4, 0.5) is 0 Å². The standard InChI is InChI=1S/C17H26N2O2/c1-5-21-17(20)16(19-8-6-18-7-9-19)15-11-13(3)12(2)10-14(15)4/h10-11,16,18H,5-9H2,1-4H3. The Morgan fingerprint density at radius 1 is 1.19 bits per heavy atom. The molecule has 0 bridgehead atoms. The van der Waals surface area contributed by atoms with E-state index in [0.717, 1.165) is 37.3 Å². The number of rotatable bonds is 4. The average molecular weight is 290 g/mol. The van der Waals surface area contributed by atoms with E-state index in [2.05, 4.69) is 43.1 Å². The molecule has 1 atom stereocenters. The topological polar surface area (TPSA) is 41.6 Å². The lowest BCUT2D eigenvalue weighted by atomic mass is 9.94. The predicted octanol–water partition coefficient (Wildman–Crippen LogP) is 2.12. The largest absolute Gasteiger partial charge is 0.465 e. The van der Waals surface area contributed by atoms with Crippen molar-refractivity contribution in [3.63, 3.8) is 0 Å². The number of benzene rings is 1.